The van der Waals surface area contributed by atoms with E-state index in [1.165, 1.54) is 19.2 Å². The molecule has 0 aliphatic rings. The van der Waals surface area contributed by atoms with Gasteiger partial charge in [0.05, 0.1) is 18.3 Å². The van der Waals surface area contributed by atoms with Gasteiger partial charge in [-0.3, -0.25) is 9.71 Å². The Balaban J connectivity index is 1.95. The van der Waals surface area contributed by atoms with E-state index >= 15 is 0 Å². The molecular weight excluding hydrogens is 330 g/mol. The topological polar surface area (TPSA) is 98.2 Å². The predicted octanol–water partition coefficient (Wildman–Crippen LogP) is 2.22. The average molecular weight is 343 g/mol. The summed E-state index contributed by atoms with van der Waals surface area (Å²) in [5, 5.41) is 0.817. The van der Waals surface area contributed by atoms with Crippen LogP contribution in [0.2, 0.25) is 0 Å². The summed E-state index contributed by atoms with van der Waals surface area (Å²) in [6.07, 6.45) is 2.69. The maximum Gasteiger partial charge on any atom is 0.356 e. The van der Waals surface area contributed by atoms with E-state index in [9.17, 15) is 13.2 Å². The summed E-state index contributed by atoms with van der Waals surface area (Å²) < 4.78 is 32.0. The van der Waals surface area contributed by atoms with Crippen LogP contribution in [-0.2, 0) is 14.8 Å². The molecule has 8 heteroatoms. The largest absolute Gasteiger partial charge is 0.464 e. The molecule has 7 nitrogen and oxygen atoms in total. The summed E-state index contributed by atoms with van der Waals surface area (Å²) in [6.45, 7) is 0. The molecule has 0 saturated carbocycles. The quantitative estimate of drug-likeness (QED) is 0.729. The Labute approximate surface area is 138 Å². The molecule has 0 spiro atoms. The zero-order valence-electron chi connectivity index (χ0n) is 12.6. The molecule has 1 N–H and O–H groups in total. The molecule has 0 amide bonds. The number of hydrogen-bond donors (Lipinski definition) is 1. The number of anilines is 1. The van der Waals surface area contributed by atoms with Crippen LogP contribution in [0.1, 0.15) is 10.5 Å². The Hall–Kier alpha value is -3.00. The number of nitrogens with one attached hydrogen (secondary N) is 1. The maximum atomic E-state index is 12.5. The summed E-state index contributed by atoms with van der Waals surface area (Å²) in [6, 6.07) is 11.4. The van der Waals surface area contributed by atoms with Crippen molar-refractivity contribution in [3.05, 3.63) is 60.6 Å². The molecule has 0 unspecified atom stereocenters. The first-order valence-corrected chi connectivity index (χ1v) is 8.40. The van der Waals surface area contributed by atoms with E-state index in [0.717, 1.165) is 11.6 Å². The van der Waals surface area contributed by atoms with Crippen molar-refractivity contribution in [3.63, 3.8) is 0 Å². The van der Waals surface area contributed by atoms with E-state index in [1.54, 1.807) is 24.4 Å². The number of benzene rings is 1. The molecule has 0 bridgehead atoms. The highest BCUT2D eigenvalue weighted by Crippen LogP contribution is 2.23. The number of pyridine rings is 2. The standard InChI is InChI=1S/C16H13N3O4S/c1-23-16(20)14-8-7-12(10-18-14)24(21,22)19-13-6-2-4-11-5-3-9-17-15(11)13/h2-10,19H,1H3. The minimum atomic E-state index is -3.86. The second kappa shape index (κ2) is 6.25. The molecule has 0 radical (unpaired) electrons. The predicted molar refractivity (Wildman–Crippen MR) is 88.1 cm³/mol. The SMILES string of the molecule is COC(=O)c1ccc(S(=O)(=O)Nc2cccc3cccnc23)cn1. The van der Waals surface area contributed by atoms with E-state index < -0.39 is 16.0 Å². The van der Waals surface area contributed by atoms with Crippen LogP contribution in [0, 0.1) is 0 Å². The summed E-state index contributed by atoms with van der Waals surface area (Å²) in [5.41, 5.74) is 0.941. The van der Waals surface area contributed by atoms with Crippen molar-refractivity contribution in [3.8, 4) is 0 Å². The Morgan fingerprint density at radius 2 is 1.88 bits per heavy atom. The van der Waals surface area contributed by atoms with Gasteiger partial charge >= 0.3 is 5.97 Å². The second-order valence-electron chi connectivity index (χ2n) is 4.86. The third kappa shape index (κ3) is 3.04. The highest BCUT2D eigenvalue weighted by atomic mass is 32.2. The monoisotopic (exact) mass is 343 g/mol. The van der Waals surface area contributed by atoms with Crippen molar-refractivity contribution in [2.24, 2.45) is 0 Å². The lowest BCUT2D eigenvalue weighted by molar-refractivity contribution is 0.0594. The Kier molecular flexibility index (Phi) is 4.13. The molecule has 1 aromatic carbocycles. The van der Waals surface area contributed by atoms with Crippen molar-refractivity contribution >= 4 is 32.6 Å². The van der Waals surface area contributed by atoms with Gasteiger partial charge in [-0.05, 0) is 24.3 Å². The van der Waals surface area contributed by atoms with Gasteiger partial charge in [0.25, 0.3) is 10.0 Å². The molecule has 0 aliphatic carbocycles. The van der Waals surface area contributed by atoms with E-state index in [-0.39, 0.29) is 10.6 Å². The Bertz CT molecular complexity index is 996. The van der Waals surface area contributed by atoms with Crippen LogP contribution < -0.4 is 4.72 Å². The van der Waals surface area contributed by atoms with E-state index in [0.29, 0.717) is 11.2 Å². The molecule has 2 heterocycles. The molecule has 122 valence electrons. The van der Waals surface area contributed by atoms with E-state index in [2.05, 4.69) is 19.4 Å². The first kappa shape index (κ1) is 15.9. The van der Waals surface area contributed by atoms with Crippen molar-refractivity contribution in [1.29, 1.82) is 0 Å². The summed E-state index contributed by atoms with van der Waals surface area (Å²) in [7, 11) is -2.63. The second-order valence-corrected chi connectivity index (χ2v) is 6.54. The van der Waals surface area contributed by atoms with Crippen LogP contribution in [0.4, 0.5) is 5.69 Å². The number of hydrogen-bond acceptors (Lipinski definition) is 6. The third-order valence-electron chi connectivity index (χ3n) is 3.32. The fourth-order valence-corrected chi connectivity index (χ4v) is 3.17. The lowest BCUT2D eigenvalue weighted by atomic mass is 10.2. The summed E-state index contributed by atoms with van der Waals surface area (Å²) in [5.74, 6) is -0.634. The van der Waals surface area contributed by atoms with Crippen molar-refractivity contribution < 1.29 is 17.9 Å². The first-order chi connectivity index (χ1) is 11.5. The smallest absolute Gasteiger partial charge is 0.356 e. The third-order valence-corrected chi connectivity index (χ3v) is 4.67. The number of nitrogens with zero attached hydrogens (tertiary/aromatic N) is 2. The number of rotatable bonds is 4. The maximum absolute atomic E-state index is 12.5. The number of sulfonamides is 1. The van der Waals surface area contributed by atoms with Crippen LogP contribution in [0.5, 0.6) is 0 Å². The molecule has 3 aromatic rings. The molecule has 0 atom stereocenters. The lowest BCUT2D eigenvalue weighted by Crippen LogP contribution is -2.14. The van der Waals surface area contributed by atoms with Crippen molar-refractivity contribution in [2.75, 3.05) is 11.8 Å². The van der Waals surface area contributed by atoms with Gasteiger partial charge in [0.2, 0.25) is 0 Å². The lowest BCUT2D eigenvalue weighted by Gasteiger charge is -2.10. The Morgan fingerprint density at radius 1 is 1.08 bits per heavy atom. The minimum Gasteiger partial charge on any atom is -0.464 e. The van der Waals surface area contributed by atoms with Gasteiger partial charge < -0.3 is 4.74 Å². The highest BCUT2D eigenvalue weighted by Gasteiger charge is 2.17. The molecular formula is C16H13N3O4S. The van der Waals surface area contributed by atoms with E-state index in [4.69, 9.17) is 0 Å². The van der Waals surface area contributed by atoms with Crippen LogP contribution in [-0.4, -0.2) is 31.5 Å². The molecule has 0 aliphatic heterocycles. The first-order valence-electron chi connectivity index (χ1n) is 6.92. The molecule has 2 aromatic heterocycles. The number of aromatic nitrogens is 2. The number of ether oxygens (including phenoxy) is 1. The number of fused-ring (bicyclic) bond motifs is 1. The van der Waals surface area contributed by atoms with Gasteiger partial charge in [0, 0.05) is 17.8 Å². The van der Waals surface area contributed by atoms with Gasteiger partial charge in [-0.2, -0.15) is 0 Å². The number of methoxy groups -OCH3 is 1. The van der Waals surface area contributed by atoms with Gasteiger partial charge in [-0.25, -0.2) is 18.2 Å². The van der Waals surface area contributed by atoms with Crippen LogP contribution in [0.25, 0.3) is 10.9 Å². The number of para-hydroxylation sites is 1. The number of carbonyl (C=O) groups is 1. The van der Waals surface area contributed by atoms with Crippen LogP contribution >= 0.6 is 0 Å². The minimum absolute atomic E-state index is 0.0308. The normalized spacial score (nSPS) is 11.2. The number of carbonyl (C=O) groups excluding carboxylic acids is 1. The molecule has 3 rings (SSSR count). The summed E-state index contributed by atoms with van der Waals surface area (Å²) in [4.78, 5) is 19.3. The van der Waals surface area contributed by atoms with Gasteiger partial charge in [-0.15, -0.1) is 0 Å². The zero-order chi connectivity index (χ0) is 17.2. The fraction of sp³-hybridized carbons (Fsp3) is 0.0625. The van der Waals surface area contributed by atoms with E-state index in [1.807, 2.05) is 12.1 Å². The Morgan fingerprint density at radius 3 is 2.58 bits per heavy atom. The fourth-order valence-electron chi connectivity index (χ4n) is 2.15. The molecule has 0 saturated heterocycles. The highest BCUT2D eigenvalue weighted by molar-refractivity contribution is 7.92. The van der Waals surface area contributed by atoms with Crippen LogP contribution in [0.15, 0.2) is 59.8 Å². The van der Waals surface area contributed by atoms with Crippen molar-refractivity contribution in [2.45, 2.75) is 4.90 Å². The number of esters is 1. The van der Waals surface area contributed by atoms with Crippen LogP contribution in [0.3, 0.4) is 0 Å². The average Bonchev–Trinajstić information content (AvgIpc) is 2.61. The van der Waals surface area contributed by atoms with Crippen molar-refractivity contribution in [1.82, 2.24) is 9.97 Å². The summed E-state index contributed by atoms with van der Waals surface area (Å²) >= 11 is 0. The van der Waals surface area contributed by atoms with Gasteiger partial charge in [0.15, 0.2) is 0 Å². The molecule has 0 fully saturated rings. The van der Waals surface area contributed by atoms with Gasteiger partial charge in [0.1, 0.15) is 10.6 Å². The van der Waals surface area contributed by atoms with Gasteiger partial charge in [-0.1, -0.05) is 18.2 Å². The molecule has 24 heavy (non-hydrogen) atoms. The zero-order valence-corrected chi connectivity index (χ0v) is 13.4.